The zero-order valence-electron chi connectivity index (χ0n) is 7.48. The van der Waals surface area contributed by atoms with Gasteiger partial charge in [-0.1, -0.05) is 12.2 Å². The van der Waals surface area contributed by atoms with Gasteiger partial charge in [-0.05, 0) is 24.3 Å². The molecule has 1 aromatic carbocycles. The third kappa shape index (κ3) is 2.70. The molecule has 0 unspecified atom stereocenters. The number of nitrogens with one attached hydrogen (secondary N) is 1. The van der Waals surface area contributed by atoms with Gasteiger partial charge in [-0.3, -0.25) is 0 Å². The Balaban J connectivity index is 2.69. The first-order valence-electron chi connectivity index (χ1n) is 3.82. The Hall–Kier alpha value is -1.62. The van der Waals surface area contributed by atoms with Crippen LogP contribution in [-0.4, -0.2) is 23.2 Å². The largest absolute Gasteiger partial charge is 0.497 e. The van der Waals surface area contributed by atoms with Gasteiger partial charge in [0.1, 0.15) is 5.75 Å². The van der Waals surface area contributed by atoms with E-state index in [1.165, 1.54) is 0 Å². The summed E-state index contributed by atoms with van der Waals surface area (Å²) in [7, 11) is 1.56. The summed E-state index contributed by atoms with van der Waals surface area (Å²) in [5.41, 5.74) is 0.623. The van der Waals surface area contributed by atoms with E-state index in [0.29, 0.717) is 11.4 Å². The zero-order chi connectivity index (χ0) is 10.6. The van der Waals surface area contributed by atoms with E-state index in [1.807, 2.05) is 0 Å². The number of benzene rings is 1. The molecule has 1 aromatic rings. The standard InChI is InChI=1S/C9H9NO3S/c1-13-7-4-2-6(3-5-7)10-8(14)9(11)12/h2-5H,1H3,(H,10,14)(H,11,12). The van der Waals surface area contributed by atoms with Crippen LogP contribution >= 0.6 is 12.2 Å². The van der Waals surface area contributed by atoms with E-state index >= 15 is 0 Å². The number of anilines is 1. The van der Waals surface area contributed by atoms with Gasteiger partial charge < -0.3 is 15.2 Å². The van der Waals surface area contributed by atoms with Crippen molar-refractivity contribution in [3.63, 3.8) is 0 Å². The fourth-order valence-electron chi connectivity index (χ4n) is 0.859. The van der Waals surface area contributed by atoms with E-state index in [2.05, 4.69) is 17.5 Å². The Morgan fingerprint density at radius 2 is 2.00 bits per heavy atom. The Morgan fingerprint density at radius 3 is 2.43 bits per heavy atom. The van der Waals surface area contributed by atoms with Gasteiger partial charge in [-0.2, -0.15) is 0 Å². The van der Waals surface area contributed by atoms with E-state index in [-0.39, 0.29) is 4.99 Å². The lowest BCUT2D eigenvalue weighted by molar-refractivity contribution is -0.129. The number of hydrogen-bond acceptors (Lipinski definition) is 3. The maximum Gasteiger partial charge on any atom is 0.363 e. The predicted molar refractivity (Wildman–Crippen MR) is 56.9 cm³/mol. The summed E-state index contributed by atoms with van der Waals surface area (Å²) in [6.07, 6.45) is 0. The summed E-state index contributed by atoms with van der Waals surface area (Å²) in [5.74, 6) is -0.437. The summed E-state index contributed by atoms with van der Waals surface area (Å²) < 4.78 is 4.94. The number of methoxy groups -OCH3 is 1. The first kappa shape index (κ1) is 10.5. The molecule has 1 rings (SSSR count). The number of aliphatic carboxylic acids is 1. The van der Waals surface area contributed by atoms with Crippen molar-refractivity contribution in [1.82, 2.24) is 0 Å². The minimum atomic E-state index is -1.14. The molecule has 0 radical (unpaired) electrons. The van der Waals surface area contributed by atoms with Gasteiger partial charge in [0, 0.05) is 5.69 Å². The first-order chi connectivity index (χ1) is 6.63. The third-order valence-corrected chi connectivity index (χ3v) is 1.82. The number of carbonyl (C=O) groups is 1. The fraction of sp³-hybridized carbons (Fsp3) is 0.111. The minimum Gasteiger partial charge on any atom is -0.497 e. The van der Waals surface area contributed by atoms with Crippen molar-refractivity contribution in [2.75, 3.05) is 12.4 Å². The predicted octanol–water partition coefficient (Wildman–Crippen LogP) is 1.52. The summed E-state index contributed by atoms with van der Waals surface area (Å²) in [5, 5.41) is 11.1. The maximum absolute atomic E-state index is 10.4. The molecule has 0 aliphatic carbocycles. The molecule has 2 N–H and O–H groups in total. The van der Waals surface area contributed by atoms with Crippen LogP contribution < -0.4 is 10.1 Å². The molecule has 0 fully saturated rings. The summed E-state index contributed by atoms with van der Waals surface area (Å²) in [4.78, 5) is 10.2. The maximum atomic E-state index is 10.4. The molecule has 0 atom stereocenters. The van der Waals surface area contributed by atoms with Gasteiger partial charge in [-0.15, -0.1) is 0 Å². The van der Waals surface area contributed by atoms with Crippen LogP contribution in [-0.2, 0) is 4.79 Å². The van der Waals surface area contributed by atoms with Crippen molar-refractivity contribution in [3.05, 3.63) is 24.3 Å². The molecular formula is C9H9NO3S. The molecule has 74 valence electrons. The van der Waals surface area contributed by atoms with E-state index in [0.717, 1.165) is 0 Å². The van der Waals surface area contributed by atoms with Crippen LogP contribution in [0, 0.1) is 0 Å². The Labute approximate surface area is 86.5 Å². The van der Waals surface area contributed by atoms with Crippen LogP contribution in [0.15, 0.2) is 24.3 Å². The Kier molecular flexibility index (Phi) is 3.41. The van der Waals surface area contributed by atoms with Gasteiger partial charge in [0.15, 0.2) is 4.99 Å². The highest BCUT2D eigenvalue weighted by Crippen LogP contribution is 2.14. The van der Waals surface area contributed by atoms with E-state index < -0.39 is 5.97 Å². The number of hydrogen-bond donors (Lipinski definition) is 2. The average Bonchev–Trinajstić information content (AvgIpc) is 2.19. The van der Waals surface area contributed by atoms with Crippen molar-refractivity contribution in [2.45, 2.75) is 0 Å². The SMILES string of the molecule is COc1ccc(NC(=S)C(=O)O)cc1. The highest BCUT2D eigenvalue weighted by molar-refractivity contribution is 7.82. The number of rotatable bonds is 2. The Morgan fingerprint density at radius 1 is 1.43 bits per heavy atom. The first-order valence-corrected chi connectivity index (χ1v) is 4.22. The monoisotopic (exact) mass is 211 g/mol. The van der Waals surface area contributed by atoms with E-state index in [9.17, 15) is 4.79 Å². The van der Waals surface area contributed by atoms with Gasteiger partial charge in [0.05, 0.1) is 7.11 Å². The smallest absolute Gasteiger partial charge is 0.363 e. The van der Waals surface area contributed by atoms with Gasteiger partial charge in [0.2, 0.25) is 0 Å². The van der Waals surface area contributed by atoms with Crippen LogP contribution in [0.3, 0.4) is 0 Å². The van der Waals surface area contributed by atoms with Crippen molar-refractivity contribution in [2.24, 2.45) is 0 Å². The molecule has 0 amide bonds. The van der Waals surface area contributed by atoms with E-state index in [1.54, 1.807) is 31.4 Å². The van der Waals surface area contributed by atoms with Crippen LogP contribution in [0.5, 0.6) is 5.75 Å². The molecule has 0 spiro atoms. The molecule has 0 saturated heterocycles. The summed E-state index contributed by atoms with van der Waals surface area (Å²) in [6, 6.07) is 6.81. The average molecular weight is 211 g/mol. The topological polar surface area (TPSA) is 58.6 Å². The second-order valence-corrected chi connectivity index (χ2v) is 2.90. The highest BCUT2D eigenvalue weighted by Gasteiger charge is 2.05. The minimum absolute atomic E-state index is 0.227. The second-order valence-electron chi connectivity index (χ2n) is 2.49. The molecule has 5 heteroatoms. The molecule has 0 bridgehead atoms. The number of carboxylic acid groups (broad SMARTS) is 1. The van der Waals surface area contributed by atoms with Crippen LogP contribution in [0.2, 0.25) is 0 Å². The highest BCUT2D eigenvalue weighted by atomic mass is 32.1. The molecule has 14 heavy (non-hydrogen) atoms. The molecular weight excluding hydrogens is 202 g/mol. The fourth-order valence-corrected chi connectivity index (χ4v) is 0.977. The van der Waals surface area contributed by atoms with Gasteiger partial charge >= 0.3 is 5.97 Å². The quantitative estimate of drug-likeness (QED) is 0.726. The Bertz CT molecular complexity index is 348. The second kappa shape index (κ2) is 4.57. The van der Waals surface area contributed by atoms with Crippen molar-refractivity contribution in [3.8, 4) is 5.75 Å². The molecule has 4 nitrogen and oxygen atoms in total. The van der Waals surface area contributed by atoms with Gasteiger partial charge in [0.25, 0.3) is 0 Å². The number of ether oxygens (including phenoxy) is 1. The van der Waals surface area contributed by atoms with Crippen molar-refractivity contribution >= 4 is 28.9 Å². The van der Waals surface area contributed by atoms with Crippen LogP contribution in [0.25, 0.3) is 0 Å². The normalized spacial score (nSPS) is 9.21. The lowest BCUT2D eigenvalue weighted by atomic mass is 10.3. The van der Waals surface area contributed by atoms with Crippen molar-refractivity contribution in [1.29, 1.82) is 0 Å². The van der Waals surface area contributed by atoms with Crippen LogP contribution in [0.4, 0.5) is 5.69 Å². The van der Waals surface area contributed by atoms with Crippen molar-refractivity contribution < 1.29 is 14.6 Å². The van der Waals surface area contributed by atoms with E-state index in [4.69, 9.17) is 9.84 Å². The third-order valence-electron chi connectivity index (χ3n) is 1.54. The summed E-state index contributed by atoms with van der Waals surface area (Å²) in [6.45, 7) is 0. The number of carboxylic acids is 1. The molecule has 0 heterocycles. The van der Waals surface area contributed by atoms with Gasteiger partial charge in [-0.25, -0.2) is 4.79 Å². The molecule has 0 saturated carbocycles. The van der Waals surface area contributed by atoms with Crippen LogP contribution in [0.1, 0.15) is 0 Å². The zero-order valence-corrected chi connectivity index (χ0v) is 8.30. The molecule has 0 aliphatic rings. The lowest BCUT2D eigenvalue weighted by Gasteiger charge is -2.04. The lowest BCUT2D eigenvalue weighted by Crippen LogP contribution is -2.19. The number of thiocarbonyl (C=S) groups is 1. The molecule has 0 aliphatic heterocycles. The summed E-state index contributed by atoms with van der Waals surface area (Å²) >= 11 is 4.58. The molecule has 0 aromatic heterocycles.